The number of carboxylic acid groups (broad SMARTS) is 1. The molecule has 0 saturated carbocycles. The third-order valence-corrected chi connectivity index (χ3v) is 2.55. The minimum absolute atomic E-state index is 0.109. The Labute approximate surface area is 104 Å². The van der Waals surface area contributed by atoms with Crippen LogP contribution in [0.3, 0.4) is 0 Å². The van der Waals surface area contributed by atoms with Crippen molar-refractivity contribution >= 4 is 17.3 Å². The molecule has 2 aromatic carbocycles. The summed E-state index contributed by atoms with van der Waals surface area (Å²) in [4.78, 5) is 11.0. The fraction of sp³-hybridized carbons (Fsp3) is 0.0714. The fourth-order valence-electron chi connectivity index (χ4n) is 1.65. The lowest BCUT2D eigenvalue weighted by molar-refractivity contribution is 0.0698. The number of carboxylic acids is 1. The number of hydrogen-bond acceptors (Lipinski definition) is 2. The van der Waals surface area contributed by atoms with Gasteiger partial charge in [-0.1, -0.05) is 18.2 Å². The molecule has 0 amide bonds. The second-order valence-corrected chi connectivity index (χ2v) is 3.96. The average molecular weight is 245 g/mol. The molecular weight excluding hydrogens is 233 g/mol. The largest absolute Gasteiger partial charge is 0.478 e. The fourth-order valence-corrected chi connectivity index (χ4v) is 1.65. The molecule has 2 rings (SSSR count). The van der Waals surface area contributed by atoms with Crippen molar-refractivity contribution in [2.24, 2.45) is 0 Å². The summed E-state index contributed by atoms with van der Waals surface area (Å²) in [5.41, 5.74) is 1.55. The standard InChI is InChI=1S/C14H12FNO2/c1-9-6-7-13(11(15)8-9)16-12-5-3-2-4-10(12)14(17)18/h2-8,16H,1H3,(H,17,18). The van der Waals surface area contributed by atoms with Crippen molar-refractivity contribution in [2.45, 2.75) is 6.92 Å². The first-order valence-electron chi connectivity index (χ1n) is 5.43. The minimum atomic E-state index is -1.05. The van der Waals surface area contributed by atoms with E-state index in [1.54, 1.807) is 37.3 Å². The summed E-state index contributed by atoms with van der Waals surface area (Å²) in [7, 11) is 0. The van der Waals surface area contributed by atoms with Gasteiger partial charge < -0.3 is 10.4 Å². The number of aromatic carboxylic acids is 1. The summed E-state index contributed by atoms with van der Waals surface area (Å²) in [6.45, 7) is 1.79. The maximum Gasteiger partial charge on any atom is 0.337 e. The first-order chi connectivity index (χ1) is 8.58. The second-order valence-electron chi connectivity index (χ2n) is 3.96. The molecule has 3 nitrogen and oxygen atoms in total. The Bertz CT molecular complexity index is 596. The van der Waals surface area contributed by atoms with Crippen LogP contribution in [0.15, 0.2) is 42.5 Å². The van der Waals surface area contributed by atoms with E-state index >= 15 is 0 Å². The minimum Gasteiger partial charge on any atom is -0.478 e. The van der Waals surface area contributed by atoms with Crippen LogP contribution < -0.4 is 5.32 Å². The molecule has 0 aliphatic carbocycles. The second kappa shape index (κ2) is 4.87. The van der Waals surface area contributed by atoms with Crippen LogP contribution in [0.1, 0.15) is 15.9 Å². The van der Waals surface area contributed by atoms with Crippen LogP contribution in [0.2, 0.25) is 0 Å². The van der Waals surface area contributed by atoms with Crippen LogP contribution in [0.25, 0.3) is 0 Å². The quantitative estimate of drug-likeness (QED) is 0.869. The Hall–Kier alpha value is -2.36. The third kappa shape index (κ3) is 2.48. The monoisotopic (exact) mass is 245 g/mol. The van der Waals surface area contributed by atoms with Gasteiger partial charge in [0, 0.05) is 0 Å². The molecule has 0 saturated heterocycles. The highest BCUT2D eigenvalue weighted by Gasteiger charge is 2.10. The molecule has 2 N–H and O–H groups in total. The van der Waals surface area contributed by atoms with E-state index in [-0.39, 0.29) is 11.3 Å². The summed E-state index contributed by atoms with van der Waals surface area (Å²) in [6.07, 6.45) is 0. The van der Waals surface area contributed by atoms with Gasteiger partial charge in [0.05, 0.1) is 16.9 Å². The molecule has 0 aliphatic rings. The molecule has 4 heteroatoms. The Morgan fingerprint density at radius 3 is 2.56 bits per heavy atom. The lowest BCUT2D eigenvalue weighted by atomic mass is 10.1. The van der Waals surface area contributed by atoms with E-state index in [1.165, 1.54) is 12.1 Å². The van der Waals surface area contributed by atoms with Crippen LogP contribution in [-0.2, 0) is 0 Å². The maximum atomic E-state index is 13.7. The SMILES string of the molecule is Cc1ccc(Nc2ccccc2C(=O)O)c(F)c1. The highest BCUT2D eigenvalue weighted by Crippen LogP contribution is 2.23. The van der Waals surface area contributed by atoms with Crippen molar-refractivity contribution in [1.29, 1.82) is 0 Å². The number of nitrogens with one attached hydrogen (secondary N) is 1. The first-order valence-corrected chi connectivity index (χ1v) is 5.43. The lowest BCUT2D eigenvalue weighted by Gasteiger charge is -2.10. The van der Waals surface area contributed by atoms with Crippen molar-refractivity contribution in [2.75, 3.05) is 5.32 Å². The molecule has 0 heterocycles. The highest BCUT2D eigenvalue weighted by atomic mass is 19.1. The molecular formula is C14H12FNO2. The van der Waals surface area contributed by atoms with E-state index < -0.39 is 11.8 Å². The summed E-state index contributed by atoms with van der Waals surface area (Å²) >= 11 is 0. The average Bonchev–Trinajstić information content (AvgIpc) is 2.33. The van der Waals surface area contributed by atoms with Gasteiger partial charge in [-0.2, -0.15) is 0 Å². The summed E-state index contributed by atoms with van der Waals surface area (Å²) in [5.74, 6) is -1.46. The lowest BCUT2D eigenvalue weighted by Crippen LogP contribution is -2.03. The molecule has 0 fully saturated rings. The van der Waals surface area contributed by atoms with Gasteiger partial charge in [-0.15, -0.1) is 0 Å². The van der Waals surface area contributed by atoms with Crippen LogP contribution in [0.5, 0.6) is 0 Å². The van der Waals surface area contributed by atoms with E-state index in [1.807, 2.05) is 0 Å². The van der Waals surface area contributed by atoms with Gasteiger partial charge in [0.25, 0.3) is 0 Å². The number of carbonyl (C=O) groups is 1. The number of rotatable bonds is 3. The third-order valence-electron chi connectivity index (χ3n) is 2.55. The number of aryl methyl sites for hydroxylation is 1. The van der Waals surface area contributed by atoms with Gasteiger partial charge in [0.2, 0.25) is 0 Å². The molecule has 2 aromatic rings. The number of anilines is 2. The van der Waals surface area contributed by atoms with Gasteiger partial charge in [0.1, 0.15) is 5.82 Å². The molecule has 92 valence electrons. The number of halogens is 1. The zero-order chi connectivity index (χ0) is 13.1. The Kier molecular flexibility index (Phi) is 3.28. The van der Waals surface area contributed by atoms with Crippen molar-refractivity contribution in [1.82, 2.24) is 0 Å². The van der Waals surface area contributed by atoms with Gasteiger partial charge >= 0.3 is 5.97 Å². The van der Waals surface area contributed by atoms with E-state index in [0.29, 0.717) is 5.69 Å². The molecule has 0 bridgehead atoms. The van der Waals surface area contributed by atoms with Crippen molar-refractivity contribution in [3.05, 3.63) is 59.4 Å². The predicted octanol–water partition coefficient (Wildman–Crippen LogP) is 3.58. The Morgan fingerprint density at radius 2 is 1.89 bits per heavy atom. The van der Waals surface area contributed by atoms with Crippen LogP contribution in [-0.4, -0.2) is 11.1 Å². The predicted molar refractivity (Wildman–Crippen MR) is 67.8 cm³/mol. The molecule has 18 heavy (non-hydrogen) atoms. The van der Waals surface area contributed by atoms with Gasteiger partial charge in [-0.05, 0) is 36.8 Å². The topological polar surface area (TPSA) is 49.3 Å². The van der Waals surface area contributed by atoms with Crippen LogP contribution in [0.4, 0.5) is 15.8 Å². The van der Waals surface area contributed by atoms with Crippen LogP contribution in [0, 0.1) is 12.7 Å². The number of para-hydroxylation sites is 1. The van der Waals surface area contributed by atoms with E-state index in [4.69, 9.17) is 5.11 Å². The summed E-state index contributed by atoms with van der Waals surface area (Å²) in [6, 6.07) is 11.1. The Morgan fingerprint density at radius 1 is 1.17 bits per heavy atom. The van der Waals surface area contributed by atoms with Gasteiger partial charge in [-0.3, -0.25) is 0 Å². The van der Waals surface area contributed by atoms with Crippen molar-refractivity contribution in [3.63, 3.8) is 0 Å². The van der Waals surface area contributed by atoms with Crippen molar-refractivity contribution < 1.29 is 14.3 Å². The van der Waals surface area contributed by atoms with E-state index in [2.05, 4.69) is 5.32 Å². The number of benzene rings is 2. The maximum absolute atomic E-state index is 13.7. The summed E-state index contributed by atoms with van der Waals surface area (Å²) in [5, 5.41) is 11.8. The summed E-state index contributed by atoms with van der Waals surface area (Å²) < 4.78 is 13.7. The zero-order valence-electron chi connectivity index (χ0n) is 9.77. The highest BCUT2D eigenvalue weighted by molar-refractivity contribution is 5.95. The van der Waals surface area contributed by atoms with E-state index in [0.717, 1.165) is 5.56 Å². The smallest absolute Gasteiger partial charge is 0.337 e. The molecule has 0 spiro atoms. The molecule has 0 aliphatic heterocycles. The van der Waals surface area contributed by atoms with Gasteiger partial charge in [0.15, 0.2) is 0 Å². The van der Waals surface area contributed by atoms with E-state index in [9.17, 15) is 9.18 Å². The zero-order valence-corrected chi connectivity index (χ0v) is 9.77. The molecule has 0 unspecified atom stereocenters. The first kappa shape index (κ1) is 12.1. The molecule has 0 aromatic heterocycles. The molecule has 0 radical (unpaired) electrons. The van der Waals surface area contributed by atoms with Crippen LogP contribution >= 0.6 is 0 Å². The van der Waals surface area contributed by atoms with Gasteiger partial charge in [-0.25, -0.2) is 9.18 Å². The number of hydrogen-bond donors (Lipinski definition) is 2. The normalized spacial score (nSPS) is 10.1. The molecule has 0 atom stereocenters. The Balaban J connectivity index is 2.37. The van der Waals surface area contributed by atoms with Crippen molar-refractivity contribution in [3.8, 4) is 0 Å².